The number of benzene rings is 1. The van der Waals surface area contributed by atoms with Crippen molar-refractivity contribution in [2.75, 3.05) is 26.0 Å². The molecule has 1 amide bonds. The van der Waals surface area contributed by atoms with Gasteiger partial charge in [-0.05, 0) is 25.8 Å². The molecule has 1 aromatic carbocycles. The van der Waals surface area contributed by atoms with E-state index in [9.17, 15) is 4.79 Å². The first-order valence-corrected chi connectivity index (χ1v) is 7.79. The Balaban J connectivity index is 1.89. The van der Waals surface area contributed by atoms with Crippen LogP contribution in [0.15, 0.2) is 24.3 Å². The number of nitrogens with zero attached hydrogens (tertiary/aromatic N) is 1. The van der Waals surface area contributed by atoms with Crippen LogP contribution in [0, 0.1) is 0 Å². The third kappa shape index (κ3) is 3.66. The Kier molecular flexibility index (Phi) is 5.14. The normalized spacial score (nSPS) is 16.4. The van der Waals surface area contributed by atoms with Crippen molar-refractivity contribution in [2.45, 2.75) is 25.0 Å². The summed E-state index contributed by atoms with van der Waals surface area (Å²) in [7, 11) is 1.69. The first kappa shape index (κ1) is 14.3. The zero-order valence-electron chi connectivity index (χ0n) is 11.6. The van der Waals surface area contributed by atoms with Gasteiger partial charge in [0, 0.05) is 23.9 Å². The quantitative estimate of drug-likeness (QED) is 0.829. The molecule has 0 saturated carbocycles. The molecule has 1 aliphatic rings. The molecule has 0 N–H and O–H groups in total. The SMILES string of the molecule is COc1ccccc1[C@@H](C)SCC(=O)N1CCCC1. The van der Waals surface area contributed by atoms with Crippen molar-refractivity contribution in [3.63, 3.8) is 0 Å². The molecule has 0 bridgehead atoms. The first-order chi connectivity index (χ1) is 9.22. The highest BCUT2D eigenvalue weighted by molar-refractivity contribution is 8.00. The third-order valence-electron chi connectivity index (χ3n) is 3.49. The average molecular weight is 279 g/mol. The maximum atomic E-state index is 12.0. The number of hydrogen-bond acceptors (Lipinski definition) is 3. The van der Waals surface area contributed by atoms with Crippen LogP contribution in [0.4, 0.5) is 0 Å². The summed E-state index contributed by atoms with van der Waals surface area (Å²) in [5.41, 5.74) is 1.16. The lowest BCUT2D eigenvalue weighted by Gasteiger charge is -2.18. The second kappa shape index (κ2) is 6.85. The predicted octanol–water partition coefficient (Wildman–Crippen LogP) is 3.11. The third-order valence-corrected chi connectivity index (χ3v) is 4.66. The molecule has 0 spiro atoms. The van der Waals surface area contributed by atoms with E-state index in [1.807, 2.05) is 23.1 Å². The Hall–Kier alpha value is -1.16. The molecule has 1 saturated heterocycles. The fourth-order valence-electron chi connectivity index (χ4n) is 2.35. The zero-order chi connectivity index (χ0) is 13.7. The number of likely N-dealkylation sites (tertiary alicyclic amines) is 1. The zero-order valence-corrected chi connectivity index (χ0v) is 12.4. The van der Waals surface area contributed by atoms with Crippen LogP contribution < -0.4 is 4.74 Å². The largest absolute Gasteiger partial charge is 0.496 e. The van der Waals surface area contributed by atoms with Crippen molar-refractivity contribution >= 4 is 17.7 Å². The lowest BCUT2D eigenvalue weighted by Crippen LogP contribution is -2.29. The van der Waals surface area contributed by atoms with Gasteiger partial charge in [0.1, 0.15) is 5.75 Å². The molecule has 0 aliphatic carbocycles. The smallest absolute Gasteiger partial charge is 0.232 e. The van der Waals surface area contributed by atoms with Gasteiger partial charge in [0.05, 0.1) is 12.9 Å². The van der Waals surface area contributed by atoms with E-state index >= 15 is 0 Å². The number of ether oxygens (including phenoxy) is 1. The molecule has 0 radical (unpaired) electrons. The van der Waals surface area contributed by atoms with Crippen LogP contribution in [0.3, 0.4) is 0 Å². The Labute approximate surface area is 119 Å². The lowest BCUT2D eigenvalue weighted by atomic mass is 10.1. The van der Waals surface area contributed by atoms with Gasteiger partial charge in [0.25, 0.3) is 0 Å². The van der Waals surface area contributed by atoms with Gasteiger partial charge < -0.3 is 9.64 Å². The number of hydrogen-bond donors (Lipinski definition) is 0. The van der Waals surface area contributed by atoms with Crippen LogP contribution in [-0.2, 0) is 4.79 Å². The fraction of sp³-hybridized carbons (Fsp3) is 0.533. The van der Waals surface area contributed by atoms with Crippen LogP contribution in [0.5, 0.6) is 5.75 Å². The van der Waals surface area contributed by atoms with Crippen molar-refractivity contribution in [3.05, 3.63) is 29.8 Å². The number of carbonyl (C=O) groups excluding carboxylic acids is 1. The summed E-state index contributed by atoms with van der Waals surface area (Å²) >= 11 is 1.68. The molecule has 2 rings (SSSR count). The summed E-state index contributed by atoms with van der Waals surface area (Å²) < 4.78 is 5.36. The Morgan fingerprint density at radius 1 is 1.37 bits per heavy atom. The maximum absolute atomic E-state index is 12.0. The van der Waals surface area contributed by atoms with Gasteiger partial charge in [-0.2, -0.15) is 0 Å². The van der Waals surface area contributed by atoms with E-state index in [4.69, 9.17) is 4.74 Å². The molecule has 1 aliphatic heterocycles. The number of rotatable bonds is 5. The van der Waals surface area contributed by atoms with E-state index in [-0.39, 0.29) is 11.2 Å². The highest BCUT2D eigenvalue weighted by Gasteiger charge is 2.19. The summed E-state index contributed by atoms with van der Waals surface area (Å²) in [6.07, 6.45) is 2.30. The number of thioether (sulfide) groups is 1. The predicted molar refractivity (Wildman–Crippen MR) is 79.7 cm³/mol. The van der Waals surface area contributed by atoms with Gasteiger partial charge in [0.15, 0.2) is 0 Å². The monoisotopic (exact) mass is 279 g/mol. The Morgan fingerprint density at radius 2 is 2.05 bits per heavy atom. The molecule has 1 atom stereocenters. The number of carbonyl (C=O) groups is 1. The van der Waals surface area contributed by atoms with Gasteiger partial charge in [-0.1, -0.05) is 18.2 Å². The minimum Gasteiger partial charge on any atom is -0.496 e. The molecule has 1 aromatic rings. The van der Waals surface area contributed by atoms with E-state index in [0.717, 1.165) is 37.2 Å². The molecule has 0 aromatic heterocycles. The highest BCUT2D eigenvalue weighted by atomic mass is 32.2. The van der Waals surface area contributed by atoms with Gasteiger partial charge >= 0.3 is 0 Å². The molecular weight excluding hydrogens is 258 g/mol. The highest BCUT2D eigenvalue weighted by Crippen LogP contribution is 2.34. The summed E-state index contributed by atoms with van der Waals surface area (Å²) in [5, 5.41) is 0.266. The molecule has 3 nitrogen and oxygen atoms in total. The molecule has 0 unspecified atom stereocenters. The van der Waals surface area contributed by atoms with Crippen LogP contribution in [-0.4, -0.2) is 36.8 Å². The van der Waals surface area contributed by atoms with Crippen LogP contribution in [0.25, 0.3) is 0 Å². The second-order valence-corrected chi connectivity index (χ2v) is 6.11. The number of amides is 1. The van der Waals surface area contributed by atoms with Gasteiger partial charge in [-0.25, -0.2) is 0 Å². The standard InChI is InChI=1S/C15H21NO2S/c1-12(13-7-3-4-8-14(13)18-2)19-11-15(17)16-9-5-6-10-16/h3-4,7-8,12H,5-6,9-11H2,1-2H3/t12-/m1/s1. The molecule has 1 fully saturated rings. The summed E-state index contributed by atoms with van der Waals surface area (Å²) in [6, 6.07) is 8.01. The van der Waals surface area contributed by atoms with Crippen molar-refractivity contribution in [2.24, 2.45) is 0 Å². The van der Waals surface area contributed by atoms with Gasteiger partial charge in [-0.3, -0.25) is 4.79 Å². The number of para-hydroxylation sites is 1. The fourth-order valence-corrected chi connectivity index (χ4v) is 3.30. The van der Waals surface area contributed by atoms with E-state index in [1.165, 1.54) is 0 Å². The minimum atomic E-state index is 0.266. The van der Waals surface area contributed by atoms with Crippen molar-refractivity contribution < 1.29 is 9.53 Å². The minimum absolute atomic E-state index is 0.266. The topological polar surface area (TPSA) is 29.5 Å². The molecule has 19 heavy (non-hydrogen) atoms. The van der Waals surface area contributed by atoms with Crippen molar-refractivity contribution in [3.8, 4) is 5.75 Å². The van der Waals surface area contributed by atoms with E-state index in [2.05, 4.69) is 13.0 Å². The maximum Gasteiger partial charge on any atom is 0.232 e. The summed E-state index contributed by atoms with van der Waals surface area (Å²) in [4.78, 5) is 14.0. The van der Waals surface area contributed by atoms with E-state index < -0.39 is 0 Å². The molecular formula is C15H21NO2S. The van der Waals surface area contributed by atoms with Crippen molar-refractivity contribution in [1.29, 1.82) is 0 Å². The Bertz CT molecular complexity index is 430. The van der Waals surface area contributed by atoms with Crippen LogP contribution in [0.2, 0.25) is 0 Å². The van der Waals surface area contributed by atoms with Gasteiger partial charge in [0.2, 0.25) is 5.91 Å². The molecule has 104 valence electrons. The molecule has 1 heterocycles. The van der Waals surface area contributed by atoms with Gasteiger partial charge in [-0.15, -0.1) is 11.8 Å². The summed E-state index contributed by atoms with van der Waals surface area (Å²) in [5.74, 6) is 1.72. The number of methoxy groups -OCH3 is 1. The molecule has 4 heteroatoms. The van der Waals surface area contributed by atoms with Crippen LogP contribution in [0.1, 0.15) is 30.6 Å². The Morgan fingerprint density at radius 3 is 2.74 bits per heavy atom. The van der Waals surface area contributed by atoms with E-state index in [1.54, 1.807) is 18.9 Å². The van der Waals surface area contributed by atoms with Crippen molar-refractivity contribution in [1.82, 2.24) is 4.90 Å². The lowest BCUT2D eigenvalue weighted by molar-refractivity contribution is -0.127. The summed E-state index contributed by atoms with van der Waals surface area (Å²) in [6.45, 7) is 3.99. The average Bonchev–Trinajstić information content (AvgIpc) is 2.98. The van der Waals surface area contributed by atoms with Crippen LogP contribution >= 0.6 is 11.8 Å². The van der Waals surface area contributed by atoms with E-state index in [0.29, 0.717) is 5.75 Å². The second-order valence-electron chi connectivity index (χ2n) is 4.78. The first-order valence-electron chi connectivity index (χ1n) is 6.74.